The minimum atomic E-state index is 0.567. The molecule has 3 rings (SSSR count). The fourth-order valence-electron chi connectivity index (χ4n) is 2.73. The second-order valence-corrected chi connectivity index (χ2v) is 5.08. The Hall–Kier alpha value is -1.97. The number of piperidine rings is 1. The van der Waals surface area contributed by atoms with Crippen LogP contribution in [-0.2, 0) is 0 Å². The molecule has 0 radical (unpaired) electrons. The normalized spacial score (nSPS) is 19.4. The molecule has 2 aromatic heterocycles. The average molecular weight is 254 g/mol. The van der Waals surface area contributed by atoms with E-state index in [-0.39, 0.29) is 0 Å². The molecule has 98 valence electrons. The van der Waals surface area contributed by atoms with Crippen LogP contribution in [0.15, 0.2) is 36.9 Å². The monoisotopic (exact) mass is 254 g/mol. The molecule has 1 aliphatic heterocycles. The summed E-state index contributed by atoms with van der Waals surface area (Å²) in [5.74, 6) is 1.55. The van der Waals surface area contributed by atoms with Crippen LogP contribution >= 0.6 is 0 Å². The molecule has 2 aromatic rings. The first-order valence-corrected chi connectivity index (χ1v) is 6.76. The van der Waals surface area contributed by atoms with E-state index < -0.39 is 0 Å². The number of hydrogen-bond acceptors (Lipinski definition) is 4. The van der Waals surface area contributed by atoms with Crippen molar-refractivity contribution in [3.63, 3.8) is 0 Å². The Morgan fingerprint density at radius 2 is 2.16 bits per heavy atom. The molecule has 0 amide bonds. The van der Waals surface area contributed by atoms with Gasteiger partial charge in [0, 0.05) is 43.3 Å². The van der Waals surface area contributed by atoms with Crippen molar-refractivity contribution in [1.29, 1.82) is 0 Å². The van der Waals surface area contributed by atoms with Gasteiger partial charge in [-0.1, -0.05) is 0 Å². The van der Waals surface area contributed by atoms with Crippen molar-refractivity contribution < 1.29 is 0 Å². The van der Waals surface area contributed by atoms with Crippen LogP contribution in [0.4, 0.5) is 5.82 Å². The van der Waals surface area contributed by atoms with E-state index in [9.17, 15) is 0 Å². The molecule has 0 aliphatic carbocycles. The second kappa shape index (κ2) is 5.34. The molecule has 3 heterocycles. The summed E-state index contributed by atoms with van der Waals surface area (Å²) in [7, 11) is 0. The van der Waals surface area contributed by atoms with Gasteiger partial charge in [-0.25, -0.2) is 4.98 Å². The van der Waals surface area contributed by atoms with Crippen LogP contribution in [0.25, 0.3) is 0 Å². The highest BCUT2D eigenvalue weighted by Gasteiger charge is 2.22. The van der Waals surface area contributed by atoms with Crippen LogP contribution in [0.1, 0.15) is 30.0 Å². The second-order valence-electron chi connectivity index (χ2n) is 5.08. The number of hydrogen-bond donors (Lipinski definition) is 0. The predicted molar refractivity (Wildman–Crippen MR) is 75.2 cm³/mol. The summed E-state index contributed by atoms with van der Waals surface area (Å²) in [6.07, 6.45) is 9.67. The van der Waals surface area contributed by atoms with Gasteiger partial charge in [0.2, 0.25) is 0 Å². The largest absolute Gasteiger partial charge is 0.355 e. The summed E-state index contributed by atoms with van der Waals surface area (Å²) in [6, 6.07) is 4.34. The zero-order valence-corrected chi connectivity index (χ0v) is 11.2. The first kappa shape index (κ1) is 12.1. The Balaban J connectivity index is 1.78. The fourth-order valence-corrected chi connectivity index (χ4v) is 2.73. The number of anilines is 1. The highest BCUT2D eigenvalue weighted by atomic mass is 15.2. The summed E-state index contributed by atoms with van der Waals surface area (Å²) >= 11 is 0. The van der Waals surface area contributed by atoms with E-state index in [1.165, 1.54) is 18.4 Å². The summed E-state index contributed by atoms with van der Waals surface area (Å²) in [6.45, 7) is 4.13. The van der Waals surface area contributed by atoms with Crippen molar-refractivity contribution in [3.05, 3.63) is 48.2 Å². The van der Waals surface area contributed by atoms with E-state index in [0.717, 1.165) is 24.6 Å². The van der Waals surface area contributed by atoms with Crippen LogP contribution in [0, 0.1) is 6.92 Å². The van der Waals surface area contributed by atoms with E-state index in [2.05, 4.69) is 32.0 Å². The number of aromatic nitrogens is 3. The van der Waals surface area contributed by atoms with Gasteiger partial charge in [0.05, 0.1) is 6.20 Å². The van der Waals surface area contributed by atoms with Crippen LogP contribution in [0.3, 0.4) is 0 Å². The van der Waals surface area contributed by atoms with E-state index in [4.69, 9.17) is 0 Å². The maximum atomic E-state index is 4.40. The third-order valence-corrected chi connectivity index (χ3v) is 3.69. The Bertz CT molecular complexity index is 541. The third kappa shape index (κ3) is 2.72. The molecule has 0 N–H and O–H groups in total. The van der Waals surface area contributed by atoms with E-state index in [0.29, 0.717) is 5.92 Å². The van der Waals surface area contributed by atoms with Crippen LogP contribution in [0.2, 0.25) is 0 Å². The predicted octanol–water partition coefficient (Wildman–Crippen LogP) is 2.56. The lowest BCUT2D eigenvalue weighted by Gasteiger charge is -2.33. The lowest BCUT2D eigenvalue weighted by atomic mass is 9.91. The van der Waals surface area contributed by atoms with Gasteiger partial charge < -0.3 is 4.90 Å². The van der Waals surface area contributed by atoms with Crippen molar-refractivity contribution in [3.8, 4) is 0 Å². The van der Waals surface area contributed by atoms with Crippen molar-refractivity contribution in [2.45, 2.75) is 25.7 Å². The lowest BCUT2D eigenvalue weighted by Crippen LogP contribution is -2.35. The molecule has 1 fully saturated rings. The van der Waals surface area contributed by atoms with E-state index in [1.54, 1.807) is 12.4 Å². The van der Waals surface area contributed by atoms with Crippen molar-refractivity contribution in [1.82, 2.24) is 15.0 Å². The first-order valence-electron chi connectivity index (χ1n) is 6.76. The van der Waals surface area contributed by atoms with Gasteiger partial charge in [-0.05, 0) is 37.5 Å². The van der Waals surface area contributed by atoms with Crippen molar-refractivity contribution >= 4 is 5.82 Å². The smallest absolute Gasteiger partial charge is 0.147 e. The Morgan fingerprint density at radius 3 is 2.95 bits per heavy atom. The number of pyridine rings is 1. The van der Waals surface area contributed by atoms with Gasteiger partial charge in [0.1, 0.15) is 5.82 Å². The summed E-state index contributed by atoms with van der Waals surface area (Å²) < 4.78 is 0. The SMILES string of the molecule is Cc1cc(C2CCCN(c3cnccn3)C2)ccn1. The van der Waals surface area contributed by atoms with Gasteiger partial charge in [-0.3, -0.25) is 9.97 Å². The molecular formula is C15H18N4. The van der Waals surface area contributed by atoms with Gasteiger partial charge in [0.25, 0.3) is 0 Å². The maximum Gasteiger partial charge on any atom is 0.147 e. The molecule has 19 heavy (non-hydrogen) atoms. The Morgan fingerprint density at radius 1 is 1.21 bits per heavy atom. The molecule has 4 heteroatoms. The molecule has 0 saturated carbocycles. The molecule has 1 saturated heterocycles. The standard InChI is InChI=1S/C15H18N4/c1-12-9-13(4-5-17-12)14-3-2-8-19(11-14)15-10-16-6-7-18-15/h4-7,9-10,14H,2-3,8,11H2,1H3. The van der Waals surface area contributed by atoms with Gasteiger partial charge in [-0.2, -0.15) is 0 Å². The quantitative estimate of drug-likeness (QED) is 0.826. The van der Waals surface area contributed by atoms with E-state index >= 15 is 0 Å². The highest BCUT2D eigenvalue weighted by Crippen LogP contribution is 2.28. The van der Waals surface area contributed by atoms with E-state index in [1.807, 2.05) is 19.3 Å². The zero-order chi connectivity index (χ0) is 13.1. The molecule has 0 bridgehead atoms. The minimum Gasteiger partial charge on any atom is -0.355 e. The first-order chi connectivity index (χ1) is 9.33. The van der Waals surface area contributed by atoms with Crippen LogP contribution in [0.5, 0.6) is 0 Å². The maximum absolute atomic E-state index is 4.40. The summed E-state index contributed by atoms with van der Waals surface area (Å²) in [5, 5.41) is 0. The molecule has 1 atom stereocenters. The number of aryl methyl sites for hydroxylation is 1. The highest BCUT2D eigenvalue weighted by molar-refractivity contribution is 5.37. The van der Waals surface area contributed by atoms with Crippen molar-refractivity contribution in [2.24, 2.45) is 0 Å². The number of rotatable bonds is 2. The van der Waals surface area contributed by atoms with Gasteiger partial charge in [-0.15, -0.1) is 0 Å². The fraction of sp³-hybridized carbons (Fsp3) is 0.400. The minimum absolute atomic E-state index is 0.567. The molecule has 0 aromatic carbocycles. The Kier molecular flexibility index (Phi) is 3.40. The molecule has 1 unspecified atom stereocenters. The molecule has 1 aliphatic rings. The van der Waals surface area contributed by atoms with Gasteiger partial charge in [0.15, 0.2) is 0 Å². The van der Waals surface area contributed by atoms with Crippen molar-refractivity contribution in [2.75, 3.05) is 18.0 Å². The summed E-state index contributed by atoms with van der Waals surface area (Å²) in [4.78, 5) is 15.2. The molecular weight excluding hydrogens is 236 g/mol. The average Bonchev–Trinajstić information content (AvgIpc) is 2.48. The number of nitrogens with zero attached hydrogens (tertiary/aromatic N) is 4. The molecule has 0 spiro atoms. The lowest BCUT2D eigenvalue weighted by molar-refractivity contribution is 0.506. The topological polar surface area (TPSA) is 41.9 Å². The zero-order valence-electron chi connectivity index (χ0n) is 11.2. The Labute approximate surface area is 113 Å². The summed E-state index contributed by atoms with van der Waals surface area (Å²) in [5.41, 5.74) is 2.48. The van der Waals surface area contributed by atoms with Gasteiger partial charge >= 0.3 is 0 Å². The van der Waals surface area contributed by atoms with Crippen LogP contribution in [-0.4, -0.2) is 28.0 Å². The van der Waals surface area contributed by atoms with Crippen LogP contribution < -0.4 is 4.90 Å². The molecule has 4 nitrogen and oxygen atoms in total. The third-order valence-electron chi connectivity index (χ3n) is 3.69.